The van der Waals surface area contributed by atoms with E-state index >= 15 is 0 Å². The van der Waals surface area contributed by atoms with Gasteiger partial charge in [0.15, 0.2) is 0 Å². The molecule has 2 aromatic carbocycles. The van der Waals surface area contributed by atoms with Crippen molar-refractivity contribution in [3.8, 4) is 34.4 Å². The van der Waals surface area contributed by atoms with Gasteiger partial charge in [-0.05, 0) is 5.92 Å². The molecular weight excluding hydrogens is 272 g/mol. The summed E-state index contributed by atoms with van der Waals surface area (Å²) in [6, 6.07) is 19.9. The van der Waals surface area contributed by atoms with Crippen LogP contribution in [0.2, 0.25) is 0 Å². The molecule has 1 heterocycles. The second kappa shape index (κ2) is 6.66. The van der Waals surface area contributed by atoms with Crippen LogP contribution in [0.5, 0.6) is 0 Å². The fourth-order valence-corrected chi connectivity index (χ4v) is 2.18. The van der Waals surface area contributed by atoms with Gasteiger partial charge >= 0.3 is 0 Å². The quantitative estimate of drug-likeness (QED) is 0.736. The maximum atomic E-state index is 8.82. The Balaban J connectivity index is 2.18. The number of hydrogen-bond donors (Lipinski definition) is 1. The van der Waals surface area contributed by atoms with E-state index in [-0.39, 0.29) is 6.61 Å². The zero-order chi connectivity index (χ0) is 15.2. The van der Waals surface area contributed by atoms with E-state index in [0.717, 1.165) is 22.5 Å². The van der Waals surface area contributed by atoms with Crippen molar-refractivity contribution >= 4 is 0 Å². The highest BCUT2D eigenvalue weighted by molar-refractivity contribution is 5.77. The Morgan fingerprint density at radius 1 is 0.818 bits per heavy atom. The van der Waals surface area contributed by atoms with Crippen LogP contribution < -0.4 is 0 Å². The zero-order valence-corrected chi connectivity index (χ0v) is 11.9. The van der Waals surface area contributed by atoms with Crippen LogP contribution in [0.1, 0.15) is 5.69 Å². The van der Waals surface area contributed by atoms with E-state index in [1.165, 1.54) is 0 Å². The van der Waals surface area contributed by atoms with Crippen molar-refractivity contribution in [2.24, 2.45) is 0 Å². The SMILES string of the molecule is OCC#Cc1cnc(-c2ccccc2)c(-c2ccccc2)n1. The molecule has 0 aliphatic rings. The molecule has 0 fully saturated rings. The van der Waals surface area contributed by atoms with Crippen LogP contribution in [0.25, 0.3) is 22.5 Å². The van der Waals surface area contributed by atoms with Gasteiger partial charge in [-0.15, -0.1) is 0 Å². The second-order valence-corrected chi connectivity index (χ2v) is 4.64. The summed E-state index contributed by atoms with van der Waals surface area (Å²) in [7, 11) is 0. The number of benzene rings is 2. The third kappa shape index (κ3) is 3.03. The molecule has 3 heteroatoms. The van der Waals surface area contributed by atoms with Crippen LogP contribution in [0.3, 0.4) is 0 Å². The van der Waals surface area contributed by atoms with Crippen molar-refractivity contribution in [2.75, 3.05) is 6.61 Å². The van der Waals surface area contributed by atoms with Gasteiger partial charge in [-0.2, -0.15) is 0 Å². The molecule has 3 aromatic rings. The first-order valence-corrected chi connectivity index (χ1v) is 6.96. The normalized spacial score (nSPS) is 9.86. The molecule has 106 valence electrons. The molecule has 3 rings (SSSR count). The molecule has 0 aliphatic carbocycles. The van der Waals surface area contributed by atoms with Crippen molar-refractivity contribution < 1.29 is 5.11 Å². The first kappa shape index (κ1) is 14.0. The average molecular weight is 286 g/mol. The Bertz CT molecular complexity index is 818. The molecule has 0 atom stereocenters. The number of hydrogen-bond acceptors (Lipinski definition) is 3. The first-order chi connectivity index (χ1) is 10.9. The molecule has 0 bridgehead atoms. The van der Waals surface area contributed by atoms with E-state index in [1.807, 2.05) is 60.7 Å². The molecule has 0 unspecified atom stereocenters. The van der Waals surface area contributed by atoms with Crippen LogP contribution in [-0.4, -0.2) is 21.7 Å². The predicted molar refractivity (Wildman–Crippen MR) is 86.9 cm³/mol. The summed E-state index contributed by atoms with van der Waals surface area (Å²) < 4.78 is 0. The van der Waals surface area contributed by atoms with Crippen LogP contribution in [-0.2, 0) is 0 Å². The van der Waals surface area contributed by atoms with E-state index in [9.17, 15) is 0 Å². The van der Waals surface area contributed by atoms with Crippen molar-refractivity contribution in [2.45, 2.75) is 0 Å². The molecule has 0 amide bonds. The lowest BCUT2D eigenvalue weighted by Gasteiger charge is -2.08. The maximum absolute atomic E-state index is 8.82. The number of nitrogens with zero attached hydrogens (tertiary/aromatic N) is 2. The molecule has 0 aliphatic heterocycles. The largest absolute Gasteiger partial charge is 0.384 e. The van der Waals surface area contributed by atoms with E-state index in [2.05, 4.69) is 21.8 Å². The zero-order valence-electron chi connectivity index (χ0n) is 11.9. The predicted octanol–water partition coefficient (Wildman–Crippen LogP) is 3.15. The lowest BCUT2D eigenvalue weighted by molar-refractivity contribution is 0.350. The fraction of sp³-hybridized carbons (Fsp3) is 0.0526. The Labute approximate surface area is 129 Å². The summed E-state index contributed by atoms with van der Waals surface area (Å²) in [6.07, 6.45) is 1.64. The number of rotatable bonds is 2. The van der Waals surface area contributed by atoms with Gasteiger partial charge in [0.1, 0.15) is 12.3 Å². The lowest BCUT2D eigenvalue weighted by Crippen LogP contribution is -1.96. The Morgan fingerprint density at radius 3 is 2.00 bits per heavy atom. The second-order valence-electron chi connectivity index (χ2n) is 4.64. The fourth-order valence-electron chi connectivity index (χ4n) is 2.18. The molecule has 1 aromatic heterocycles. The standard InChI is InChI=1S/C19H14N2O/c22-13-7-12-17-14-20-18(15-8-3-1-4-9-15)19(21-17)16-10-5-2-6-11-16/h1-6,8-11,14,22H,13H2. The summed E-state index contributed by atoms with van der Waals surface area (Å²) in [5, 5.41) is 8.82. The Kier molecular flexibility index (Phi) is 4.24. The van der Waals surface area contributed by atoms with Crippen molar-refractivity contribution in [3.63, 3.8) is 0 Å². The monoisotopic (exact) mass is 286 g/mol. The van der Waals surface area contributed by atoms with E-state index < -0.39 is 0 Å². The van der Waals surface area contributed by atoms with Gasteiger partial charge in [-0.3, -0.25) is 4.98 Å². The minimum absolute atomic E-state index is 0.192. The first-order valence-electron chi connectivity index (χ1n) is 6.96. The molecule has 1 N–H and O–H groups in total. The van der Waals surface area contributed by atoms with E-state index in [4.69, 9.17) is 5.11 Å². The van der Waals surface area contributed by atoms with Gasteiger partial charge in [0.2, 0.25) is 0 Å². The lowest BCUT2D eigenvalue weighted by atomic mass is 10.0. The molecular formula is C19H14N2O. The molecule has 0 radical (unpaired) electrons. The average Bonchev–Trinajstić information content (AvgIpc) is 2.61. The molecule has 3 nitrogen and oxygen atoms in total. The Morgan fingerprint density at radius 2 is 1.41 bits per heavy atom. The molecule has 22 heavy (non-hydrogen) atoms. The highest BCUT2D eigenvalue weighted by Crippen LogP contribution is 2.28. The maximum Gasteiger partial charge on any atom is 0.132 e. The highest BCUT2D eigenvalue weighted by atomic mass is 16.2. The third-order valence-electron chi connectivity index (χ3n) is 3.16. The van der Waals surface area contributed by atoms with Crippen LogP contribution in [0, 0.1) is 11.8 Å². The van der Waals surface area contributed by atoms with Crippen molar-refractivity contribution in [1.29, 1.82) is 0 Å². The smallest absolute Gasteiger partial charge is 0.132 e. The van der Waals surface area contributed by atoms with Crippen molar-refractivity contribution in [1.82, 2.24) is 9.97 Å². The van der Waals surface area contributed by atoms with Crippen LogP contribution in [0.4, 0.5) is 0 Å². The minimum Gasteiger partial charge on any atom is -0.384 e. The van der Waals surface area contributed by atoms with Crippen LogP contribution >= 0.6 is 0 Å². The third-order valence-corrected chi connectivity index (χ3v) is 3.16. The highest BCUT2D eigenvalue weighted by Gasteiger charge is 2.11. The summed E-state index contributed by atoms with van der Waals surface area (Å²) in [4.78, 5) is 9.14. The van der Waals surface area contributed by atoms with E-state index in [0.29, 0.717) is 5.69 Å². The van der Waals surface area contributed by atoms with Gasteiger partial charge < -0.3 is 5.11 Å². The Hall–Kier alpha value is -2.96. The minimum atomic E-state index is -0.192. The summed E-state index contributed by atoms with van der Waals surface area (Å²) >= 11 is 0. The molecule has 0 spiro atoms. The number of aliphatic hydroxyl groups excluding tert-OH is 1. The molecule has 0 saturated heterocycles. The van der Waals surface area contributed by atoms with Crippen LogP contribution in [0.15, 0.2) is 66.9 Å². The molecule has 0 saturated carbocycles. The number of aromatic nitrogens is 2. The van der Waals surface area contributed by atoms with E-state index in [1.54, 1.807) is 6.20 Å². The summed E-state index contributed by atoms with van der Waals surface area (Å²) in [5.41, 5.74) is 4.16. The van der Waals surface area contributed by atoms with Gasteiger partial charge in [-0.1, -0.05) is 66.6 Å². The topological polar surface area (TPSA) is 46.0 Å². The van der Waals surface area contributed by atoms with Gasteiger partial charge in [0, 0.05) is 11.1 Å². The van der Waals surface area contributed by atoms with Gasteiger partial charge in [-0.25, -0.2) is 4.98 Å². The summed E-state index contributed by atoms with van der Waals surface area (Å²) in [5.74, 6) is 5.42. The van der Waals surface area contributed by atoms with Gasteiger partial charge in [0.05, 0.1) is 17.6 Å². The van der Waals surface area contributed by atoms with Crippen molar-refractivity contribution in [3.05, 3.63) is 72.6 Å². The van der Waals surface area contributed by atoms with Gasteiger partial charge in [0.25, 0.3) is 0 Å². The summed E-state index contributed by atoms with van der Waals surface area (Å²) in [6.45, 7) is -0.192. The number of aliphatic hydroxyl groups is 1.